The molecule has 4 nitrogen and oxygen atoms in total. The van der Waals surface area contributed by atoms with Gasteiger partial charge in [0.1, 0.15) is 0 Å². The topological polar surface area (TPSA) is 44.7 Å². The molecule has 2 fully saturated rings. The summed E-state index contributed by atoms with van der Waals surface area (Å²) >= 11 is 0. The van der Waals surface area contributed by atoms with Crippen molar-refractivity contribution in [2.45, 2.75) is 18.5 Å². The molecule has 1 N–H and O–H groups in total. The van der Waals surface area contributed by atoms with Gasteiger partial charge in [0.25, 0.3) is 5.91 Å². The van der Waals surface area contributed by atoms with Crippen LogP contribution in [0.25, 0.3) is 0 Å². The standard InChI is InChI=1S/C13H13N3O/c17-13-12-2-1-10(3-8(12)5-15-13)16-7-9-4-11(16)6-14-9/h1-3,5,9,11,14H,4,6-7H2/t9-,11-/m1/s1. The maximum atomic E-state index is 11.4. The summed E-state index contributed by atoms with van der Waals surface area (Å²) in [6, 6.07) is 7.30. The van der Waals surface area contributed by atoms with E-state index in [1.54, 1.807) is 6.21 Å². The lowest BCUT2D eigenvalue weighted by atomic mass is 10.1. The van der Waals surface area contributed by atoms with Crippen molar-refractivity contribution >= 4 is 17.8 Å². The van der Waals surface area contributed by atoms with E-state index in [1.807, 2.05) is 12.1 Å². The Morgan fingerprint density at radius 2 is 2.35 bits per heavy atom. The zero-order valence-electron chi connectivity index (χ0n) is 9.39. The number of fused-ring (bicyclic) bond motifs is 3. The molecule has 0 aliphatic carbocycles. The summed E-state index contributed by atoms with van der Waals surface area (Å²) in [6.45, 7) is 2.16. The van der Waals surface area contributed by atoms with Crippen LogP contribution < -0.4 is 10.2 Å². The predicted molar refractivity (Wildman–Crippen MR) is 65.9 cm³/mol. The molecule has 86 valence electrons. The van der Waals surface area contributed by atoms with Crippen molar-refractivity contribution in [1.82, 2.24) is 5.32 Å². The van der Waals surface area contributed by atoms with E-state index in [0.29, 0.717) is 12.1 Å². The Labute approximate surface area is 99.3 Å². The van der Waals surface area contributed by atoms with E-state index >= 15 is 0 Å². The van der Waals surface area contributed by atoms with Crippen molar-refractivity contribution < 1.29 is 4.79 Å². The average Bonchev–Trinajstić information content (AvgIpc) is 3.04. The molecule has 17 heavy (non-hydrogen) atoms. The Kier molecular flexibility index (Phi) is 1.74. The number of benzene rings is 1. The second-order valence-corrected chi connectivity index (χ2v) is 4.98. The largest absolute Gasteiger partial charge is 0.366 e. The van der Waals surface area contributed by atoms with Gasteiger partial charge in [-0.3, -0.25) is 4.79 Å². The van der Waals surface area contributed by atoms with E-state index in [-0.39, 0.29) is 5.91 Å². The lowest BCUT2D eigenvalue weighted by Gasteiger charge is -2.29. The Morgan fingerprint density at radius 3 is 3.12 bits per heavy atom. The third-order valence-corrected chi connectivity index (χ3v) is 3.97. The van der Waals surface area contributed by atoms with Gasteiger partial charge in [0, 0.05) is 42.6 Å². The zero-order chi connectivity index (χ0) is 11.4. The maximum absolute atomic E-state index is 11.4. The normalized spacial score (nSPS) is 29.2. The van der Waals surface area contributed by atoms with Gasteiger partial charge < -0.3 is 10.2 Å². The molecule has 0 spiro atoms. The Balaban J connectivity index is 1.71. The van der Waals surface area contributed by atoms with E-state index in [9.17, 15) is 4.79 Å². The molecular formula is C13H13N3O. The Hall–Kier alpha value is -1.68. The van der Waals surface area contributed by atoms with E-state index in [0.717, 1.165) is 24.2 Å². The summed E-state index contributed by atoms with van der Waals surface area (Å²) in [4.78, 5) is 17.7. The van der Waals surface area contributed by atoms with E-state index < -0.39 is 0 Å². The molecule has 4 heteroatoms. The smallest absolute Gasteiger partial charge is 0.277 e. The highest BCUT2D eigenvalue weighted by atomic mass is 16.1. The van der Waals surface area contributed by atoms with Crippen LogP contribution in [0.5, 0.6) is 0 Å². The first kappa shape index (κ1) is 9.36. The molecule has 2 saturated heterocycles. The fraction of sp³-hybridized carbons (Fsp3) is 0.385. The van der Waals surface area contributed by atoms with Gasteiger partial charge in [-0.1, -0.05) is 0 Å². The molecule has 4 rings (SSSR count). The molecule has 0 aromatic heterocycles. The highest BCUT2D eigenvalue weighted by Gasteiger charge is 2.37. The summed E-state index contributed by atoms with van der Waals surface area (Å²) in [5, 5.41) is 3.49. The molecule has 0 saturated carbocycles. The molecule has 0 radical (unpaired) electrons. The van der Waals surface area contributed by atoms with Crippen molar-refractivity contribution in [3.05, 3.63) is 29.3 Å². The molecule has 1 amide bonds. The lowest BCUT2D eigenvalue weighted by molar-refractivity contribution is 0.101. The molecule has 2 atom stereocenters. The first-order chi connectivity index (χ1) is 8.31. The number of nitrogens with one attached hydrogen (secondary N) is 1. The van der Waals surface area contributed by atoms with Gasteiger partial charge in [0.05, 0.1) is 5.56 Å². The molecule has 2 bridgehead atoms. The number of carbonyl (C=O) groups excluding carboxylic acids is 1. The lowest BCUT2D eigenvalue weighted by Crippen LogP contribution is -2.43. The third kappa shape index (κ3) is 1.27. The van der Waals surface area contributed by atoms with Crippen molar-refractivity contribution in [2.24, 2.45) is 4.99 Å². The van der Waals surface area contributed by atoms with Crippen molar-refractivity contribution in [3.8, 4) is 0 Å². The van der Waals surface area contributed by atoms with Crippen LogP contribution in [0.15, 0.2) is 23.2 Å². The number of aliphatic imine (C=N–C) groups is 1. The van der Waals surface area contributed by atoms with E-state index in [2.05, 4.69) is 21.3 Å². The first-order valence-electron chi connectivity index (χ1n) is 6.04. The minimum atomic E-state index is -0.115. The first-order valence-corrected chi connectivity index (χ1v) is 6.04. The third-order valence-electron chi connectivity index (χ3n) is 3.97. The highest BCUT2D eigenvalue weighted by molar-refractivity contribution is 6.13. The number of piperazine rings is 1. The fourth-order valence-electron chi connectivity index (χ4n) is 3.11. The molecular weight excluding hydrogens is 214 g/mol. The van der Waals surface area contributed by atoms with Crippen LogP contribution in [-0.4, -0.2) is 37.3 Å². The van der Waals surface area contributed by atoms with Gasteiger partial charge in [-0.15, -0.1) is 0 Å². The van der Waals surface area contributed by atoms with Crippen LogP contribution >= 0.6 is 0 Å². The summed E-state index contributed by atoms with van der Waals surface area (Å²) in [7, 11) is 0. The number of hydrogen-bond acceptors (Lipinski definition) is 3. The fourth-order valence-corrected chi connectivity index (χ4v) is 3.11. The van der Waals surface area contributed by atoms with Crippen LogP contribution in [0, 0.1) is 0 Å². The van der Waals surface area contributed by atoms with Gasteiger partial charge in [-0.2, -0.15) is 0 Å². The van der Waals surface area contributed by atoms with Gasteiger partial charge in [-0.05, 0) is 24.6 Å². The van der Waals surface area contributed by atoms with Crippen molar-refractivity contribution in [1.29, 1.82) is 0 Å². The summed E-state index contributed by atoms with van der Waals surface area (Å²) in [6.07, 6.45) is 2.91. The van der Waals surface area contributed by atoms with Gasteiger partial charge in [-0.25, -0.2) is 4.99 Å². The minimum Gasteiger partial charge on any atom is -0.366 e. The van der Waals surface area contributed by atoms with Gasteiger partial charge in [0.2, 0.25) is 0 Å². The van der Waals surface area contributed by atoms with Crippen molar-refractivity contribution in [2.75, 3.05) is 18.0 Å². The Morgan fingerprint density at radius 1 is 1.41 bits per heavy atom. The average molecular weight is 227 g/mol. The number of carbonyl (C=O) groups is 1. The predicted octanol–water partition coefficient (Wildman–Crippen LogP) is 0.810. The number of amides is 1. The SMILES string of the molecule is O=C1N=Cc2cc(N3C[C@H]4C[C@@H]3CN4)ccc21. The van der Waals surface area contributed by atoms with Crippen LogP contribution in [0.2, 0.25) is 0 Å². The minimum absolute atomic E-state index is 0.115. The number of nitrogens with zero attached hydrogens (tertiary/aromatic N) is 2. The molecule has 1 aromatic carbocycles. The maximum Gasteiger partial charge on any atom is 0.277 e. The van der Waals surface area contributed by atoms with Gasteiger partial charge >= 0.3 is 0 Å². The second kappa shape index (κ2) is 3.17. The molecule has 0 unspecified atom stereocenters. The van der Waals surface area contributed by atoms with Crippen LogP contribution in [-0.2, 0) is 0 Å². The second-order valence-electron chi connectivity index (χ2n) is 4.98. The summed E-state index contributed by atoms with van der Waals surface area (Å²) in [5.41, 5.74) is 2.92. The van der Waals surface area contributed by atoms with E-state index in [1.165, 1.54) is 12.1 Å². The summed E-state index contributed by atoms with van der Waals surface area (Å²) in [5.74, 6) is -0.115. The van der Waals surface area contributed by atoms with Crippen molar-refractivity contribution in [3.63, 3.8) is 0 Å². The Bertz CT molecular complexity index is 537. The monoisotopic (exact) mass is 227 g/mol. The van der Waals surface area contributed by atoms with Gasteiger partial charge in [0.15, 0.2) is 0 Å². The number of anilines is 1. The number of rotatable bonds is 1. The zero-order valence-corrected chi connectivity index (χ0v) is 9.39. The molecule has 3 aliphatic heterocycles. The highest BCUT2D eigenvalue weighted by Crippen LogP contribution is 2.31. The molecule has 3 aliphatic rings. The molecule has 3 heterocycles. The number of hydrogen-bond donors (Lipinski definition) is 1. The quantitative estimate of drug-likeness (QED) is 0.772. The van der Waals surface area contributed by atoms with Crippen LogP contribution in [0.4, 0.5) is 5.69 Å². The molecule has 1 aromatic rings. The van der Waals surface area contributed by atoms with Crippen LogP contribution in [0.3, 0.4) is 0 Å². The van der Waals surface area contributed by atoms with Crippen LogP contribution in [0.1, 0.15) is 22.3 Å². The van der Waals surface area contributed by atoms with E-state index in [4.69, 9.17) is 0 Å². The summed E-state index contributed by atoms with van der Waals surface area (Å²) < 4.78 is 0.